The summed E-state index contributed by atoms with van der Waals surface area (Å²) in [6.07, 6.45) is 7.16. The number of carbonyl (C=O) groups excluding carboxylic acids is 4. The molecular formula is C25H27ClFN5O5. The molecule has 1 aromatic heterocycles. The second kappa shape index (κ2) is 10.5. The summed E-state index contributed by atoms with van der Waals surface area (Å²) in [5.41, 5.74) is 0.678. The van der Waals surface area contributed by atoms with Crippen molar-refractivity contribution in [2.75, 3.05) is 0 Å². The van der Waals surface area contributed by atoms with E-state index < -0.39 is 35.7 Å². The zero-order valence-corrected chi connectivity index (χ0v) is 20.9. The number of aromatic nitrogens is 2. The molecule has 196 valence electrons. The molecule has 12 heteroatoms. The van der Waals surface area contributed by atoms with E-state index in [1.54, 1.807) is 0 Å². The van der Waals surface area contributed by atoms with Crippen molar-refractivity contribution in [3.05, 3.63) is 51.6 Å². The Labute approximate surface area is 217 Å². The highest BCUT2D eigenvalue weighted by Crippen LogP contribution is 2.35. The first kappa shape index (κ1) is 25.2. The lowest BCUT2D eigenvalue weighted by molar-refractivity contribution is -0.136. The van der Waals surface area contributed by atoms with Crippen molar-refractivity contribution >= 4 is 35.4 Å². The van der Waals surface area contributed by atoms with Crippen LogP contribution in [0.25, 0.3) is 0 Å². The normalized spacial score (nSPS) is 20.1. The summed E-state index contributed by atoms with van der Waals surface area (Å²) in [5.74, 6) is -2.50. The Kier molecular flexibility index (Phi) is 7.14. The summed E-state index contributed by atoms with van der Waals surface area (Å²) in [6.45, 7) is -0.322. The summed E-state index contributed by atoms with van der Waals surface area (Å²) in [4.78, 5) is 50.1. The summed E-state index contributed by atoms with van der Waals surface area (Å²) >= 11 is 6.34. The largest absolute Gasteiger partial charge is 0.443 e. The van der Waals surface area contributed by atoms with Gasteiger partial charge in [0.05, 0.1) is 11.6 Å². The Hall–Kier alpha value is -3.47. The van der Waals surface area contributed by atoms with Crippen LogP contribution in [0.3, 0.4) is 0 Å². The smallest absolute Gasteiger partial charge is 0.407 e. The highest BCUT2D eigenvalue weighted by atomic mass is 35.5. The second-order valence-corrected chi connectivity index (χ2v) is 10.0. The number of rotatable bonds is 6. The van der Waals surface area contributed by atoms with Gasteiger partial charge >= 0.3 is 6.09 Å². The highest BCUT2D eigenvalue weighted by molar-refractivity contribution is 6.32. The number of ether oxygens (including phenoxy) is 1. The molecular weight excluding hydrogens is 505 g/mol. The first-order valence-corrected chi connectivity index (χ1v) is 12.8. The van der Waals surface area contributed by atoms with E-state index in [1.807, 2.05) is 16.9 Å². The van der Waals surface area contributed by atoms with Crippen molar-refractivity contribution in [3.8, 4) is 0 Å². The van der Waals surface area contributed by atoms with E-state index in [-0.39, 0.29) is 54.3 Å². The molecule has 1 saturated heterocycles. The van der Waals surface area contributed by atoms with E-state index >= 15 is 4.39 Å². The average molecular weight is 532 g/mol. The number of alkyl carbamates (subject to hydrolysis) is 1. The molecule has 10 nitrogen and oxygen atoms in total. The molecule has 4 amide bonds. The van der Waals surface area contributed by atoms with E-state index in [9.17, 15) is 19.2 Å². The van der Waals surface area contributed by atoms with Gasteiger partial charge in [-0.1, -0.05) is 30.9 Å². The number of nitrogens with zero attached hydrogens (tertiary/aromatic N) is 3. The summed E-state index contributed by atoms with van der Waals surface area (Å²) in [6, 6.07) is 2.65. The van der Waals surface area contributed by atoms with Crippen molar-refractivity contribution < 1.29 is 28.3 Å². The number of piperidine rings is 1. The molecule has 2 aromatic rings. The molecule has 2 N–H and O–H groups in total. The van der Waals surface area contributed by atoms with E-state index in [0.29, 0.717) is 11.7 Å². The maximum absolute atomic E-state index is 15.3. The van der Waals surface area contributed by atoms with Gasteiger partial charge in [-0.15, -0.1) is 0 Å². The molecule has 1 atom stereocenters. The van der Waals surface area contributed by atoms with Crippen LogP contribution in [0.4, 0.5) is 9.18 Å². The van der Waals surface area contributed by atoms with Gasteiger partial charge in [-0.2, -0.15) is 5.10 Å². The standard InChI is InChI=1S/C25H27ClFN5O5/c26-18-10-14(11-28-25(36)37-13-15-8-9-32(30-15)16-4-2-1-3-5-16)22(27)21-17(18)12-31(24(21)35)19-6-7-20(33)29-23(19)34/h8-10,16,19H,1-7,11-13H2,(H,28,36)(H,29,33,34). The topological polar surface area (TPSA) is 123 Å². The molecule has 1 aromatic carbocycles. The number of benzene rings is 1. The van der Waals surface area contributed by atoms with E-state index in [4.69, 9.17) is 16.3 Å². The first-order valence-electron chi connectivity index (χ1n) is 12.4. The van der Waals surface area contributed by atoms with Gasteiger partial charge in [0.2, 0.25) is 11.8 Å². The SMILES string of the molecule is O=C1CCC(N2Cc3c(Cl)cc(CNC(=O)OCc4ccn(C5CCCCC5)n4)c(F)c3C2=O)C(=O)N1. The third-order valence-corrected chi connectivity index (χ3v) is 7.51. The Morgan fingerprint density at radius 1 is 1.22 bits per heavy atom. The summed E-state index contributed by atoms with van der Waals surface area (Å²) < 4.78 is 22.5. The second-order valence-electron chi connectivity index (χ2n) is 9.59. The van der Waals surface area contributed by atoms with Gasteiger partial charge in [0, 0.05) is 41.9 Å². The van der Waals surface area contributed by atoms with Crippen LogP contribution in [0.15, 0.2) is 18.3 Å². The van der Waals surface area contributed by atoms with E-state index in [2.05, 4.69) is 15.7 Å². The fourth-order valence-electron chi connectivity index (χ4n) is 5.20. The summed E-state index contributed by atoms with van der Waals surface area (Å²) in [7, 11) is 0. The molecule has 5 rings (SSSR count). The number of halogens is 2. The first-order chi connectivity index (χ1) is 17.8. The van der Waals surface area contributed by atoms with Crippen LogP contribution in [-0.2, 0) is 34.0 Å². The predicted molar refractivity (Wildman–Crippen MR) is 129 cm³/mol. The summed E-state index contributed by atoms with van der Waals surface area (Å²) in [5, 5.41) is 9.33. The molecule has 37 heavy (non-hydrogen) atoms. The van der Waals surface area contributed by atoms with Crippen molar-refractivity contribution in [1.82, 2.24) is 25.3 Å². The van der Waals surface area contributed by atoms with Crippen LogP contribution in [-0.4, -0.2) is 44.5 Å². The van der Waals surface area contributed by atoms with Crippen LogP contribution in [0.2, 0.25) is 5.02 Å². The molecule has 1 unspecified atom stereocenters. The molecule has 2 aliphatic heterocycles. The van der Waals surface area contributed by atoms with Crippen LogP contribution < -0.4 is 10.6 Å². The highest BCUT2D eigenvalue weighted by Gasteiger charge is 2.42. The Balaban J connectivity index is 1.19. The molecule has 3 aliphatic rings. The number of fused-ring (bicyclic) bond motifs is 1. The van der Waals surface area contributed by atoms with Crippen molar-refractivity contribution in [2.24, 2.45) is 0 Å². The van der Waals surface area contributed by atoms with E-state index in [0.717, 1.165) is 12.8 Å². The fourth-order valence-corrected chi connectivity index (χ4v) is 5.49. The van der Waals surface area contributed by atoms with Crippen molar-refractivity contribution in [1.29, 1.82) is 0 Å². The van der Waals surface area contributed by atoms with Gasteiger partial charge in [0.25, 0.3) is 5.91 Å². The lowest BCUT2D eigenvalue weighted by atomic mass is 9.96. The number of nitrogens with one attached hydrogen (secondary N) is 2. The maximum atomic E-state index is 15.3. The van der Waals surface area contributed by atoms with Crippen molar-refractivity contribution in [3.63, 3.8) is 0 Å². The Morgan fingerprint density at radius 3 is 2.76 bits per heavy atom. The van der Waals surface area contributed by atoms with Crippen molar-refractivity contribution in [2.45, 2.75) is 76.7 Å². The van der Waals surface area contributed by atoms with Crippen LogP contribution in [0, 0.1) is 5.82 Å². The maximum Gasteiger partial charge on any atom is 0.407 e. The fraction of sp³-hybridized carbons (Fsp3) is 0.480. The molecule has 0 bridgehead atoms. The zero-order chi connectivity index (χ0) is 26.1. The number of amides is 4. The quantitative estimate of drug-likeness (QED) is 0.551. The molecule has 2 fully saturated rings. The lowest BCUT2D eigenvalue weighted by Gasteiger charge is -2.29. The molecule has 0 radical (unpaired) electrons. The molecule has 3 heterocycles. The number of imide groups is 1. The Bertz CT molecular complexity index is 1260. The average Bonchev–Trinajstić information content (AvgIpc) is 3.50. The van der Waals surface area contributed by atoms with Crippen LogP contribution >= 0.6 is 11.6 Å². The van der Waals surface area contributed by atoms with Gasteiger partial charge in [0.1, 0.15) is 24.2 Å². The van der Waals surface area contributed by atoms with Gasteiger partial charge in [-0.05, 0) is 31.4 Å². The molecule has 1 saturated carbocycles. The van der Waals surface area contributed by atoms with Gasteiger partial charge < -0.3 is 15.0 Å². The van der Waals surface area contributed by atoms with Crippen LogP contribution in [0.5, 0.6) is 0 Å². The monoisotopic (exact) mass is 531 g/mol. The lowest BCUT2D eigenvalue weighted by Crippen LogP contribution is -2.52. The Morgan fingerprint density at radius 2 is 2.00 bits per heavy atom. The third kappa shape index (κ3) is 5.18. The zero-order valence-electron chi connectivity index (χ0n) is 20.1. The van der Waals surface area contributed by atoms with Gasteiger partial charge in [-0.3, -0.25) is 24.4 Å². The number of hydrogen-bond acceptors (Lipinski definition) is 6. The number of carbonyl (C=O) groups is 4. The van der Waals surface area contributed by atoms with E-state index in [1.165, 1.54) is 30.2 Å². The number of hydrogen-bond donors (Lipinski definition) is 2. The minimum atomic E-state index is -0.883. The minimum absolute atomic E-state index is 0.0146. The van der Waals surface area contributed by atoms with Gasteiger partial charge in [0.15, 0.2) is 0 Å². The minimum Gasteiger partial charge on any atom is -0.443 e. The molecule has 1 aliphatic carbocycles. The van der Waals surface area contributed by atoms with Crippen LogP contribution in [0.1, 0.15) is 78.2 Å². The predicted octanol–water partition coefficient (Wildman–Crippen LogP) is 3.37. The van der Waals surface area contributed by atoms with Gasteiger partial charge in [-0.25, -0.2) is 9.18 Å². The third-order valence-electron chi connectivity index (χ3n) is 7.17. The molecule has 0 spiro atoms.